The van der Waals surface area contributed by atoms with E-state index in [1.165, 1.54) is 7.11 Å². The summed E-state index contributed by atoms with van der Waals surface area (Å²) in [6.45, 7) is 3.05. The molecule has 0 amide bonds. The molecule has 0 unspecified atom stereocenters. The number of esters is 1. The van der Waals surface area contributed by atoms with Crippen LogP contribution in [0.1, 0.15) is 30.1 Å². The predicted octanol–water partition coefficient (Wildman–Crippen LogP) is 3.99. The Kier molecular flexibility index (Phi) is 4.07. The van der Waals surface area contributed by atoms with Crippen LogP contribution in [-0.2, 0) is 11.3 Å². The number of carbonyl (C=O) groups is 1. The molecule has 0 N–H and O–H groups in total. The van der Waals surface area contributed by atoms with Gasteiger partial charge in [-0.2, -0.15) is 0 Å². The fourth-order valence-corrected chi connectivity index (χ4v) is 2.85. The largest absolute Gasteiger partial charge is 0.465 e. The Balaban J connectivity index is 2.63. The third-order valence-corrected chi connectivity index (χ3v) is 3.86. The Hall–Kier alpha value is -1.29. The molecule has 0 aliphatic carbocycles. The number of methoxy groups -OCH3 is 1. The maximum atomic E-state index is 11.9. The first-order valence-corrected chi connectivity index (χ1v) is 6.85. The number of benzene rings is 1. The van der Waals surface area contributed by atoms with E-state index >= 15 is 0 Å². The van der Waals surface area contributed by atoms with Crippen molar-refractivity contribution in [3.63, 3.8) is 0 Å². The number of aromatic nitrogens is 1. The SMILES string of the molecule is CCCCn1c(Br)c(C(=O)OC)c2ccccc21. The molecular weight excluding hydrogens is 294 g/mol. The van der Waals surface area contributed by atoms with Gasteiger partial charge in [-0.3, -0.25) is 0 Å². The lowest BCUT2D eigenvalue weighted by Crippen LogP contribution is -2.03. The molecular formula is C14H16BrNO2. The van der Waals surface area contributed by atoms with E-state index in [2.05, 4.69) is 27.4 Å². The van der Waals surface area contributed by atoms with Gasteiger partial charge >= 0.3 is 5.97 Å². The summed E-state index contributed by atoms with van der Waals surface area (Å²) in [5.41, 5.74) is 1.68. The zero-order chi connectivity index (χ0) is 13.1. The number of para-hydroxylation sites is 1. The first-order valence-electron chi connectivity index (χ1n) is 6.05. The summed E-state index contributed by atoms with van der Waals surface area (Å²) in [5, 5.41) is 0.937. The predicted molar refractivity (Wildman–Crippen MR) is 75.9 cm³/mol. The Morgan fingerprint density at radius 1 is 1.39 bits per heavy atom. The molecule has 0 aliphatic heterocycles. The highest BCUT2D eigenvalue weighted by atomic mass is 79.9. The zero-order valence-corrected chi connectivity index (χ0v) is 12.2. The van der Waals surface area contributed by atoms with Crippen LogP contribution < -0.4 is 0 Å². The Bertz CT molecular complexity index is 574. The van der Waals surface area contributed by atoms with Gasteiger partial charge in [-0.25, -0.2) is 4.79 Å². The molecule has 1 heterocycles. The zero-order valence-electron chi connectivity index (χ0n) is 10.6. The average molecular weight is 310 g/mol. The second kappa shape index (κ2) is 5.57. The summed E-state index contributed by atoms with van der Waals surface area (Å²) in [5.74, 6) is -0.298. The van der Waals surface area contributed by atoms with Crippen LogP contribution in [0.4, 0.5) is 0 Å². The van der Waals surface area contributed by atoms with Crippen molar-refractivity contribution < 1.29 is 9.53 Å². The second-order valence-electron chi connectivity index (χ2n) is 4.18. The van der Waals surface area contributed by atoms with E-state index in [-0.39, 0.29) is 5.97 Å². The Morgan fingerprint density at radius 2 is 2.11 bits per heavy atom. The van der Waals surface area contributed by atoms with Gasteiger partial charge in [-0.1, -0.05) is 31.5 Å². The standard InChI is InChI=1S/C14H16BrNO2/c1-3-4-9-16-11-8-6-5-7-10(11)12(13(16)15)14(17)18-2/h5-8H,3-4,9H2,1-2H3. The molecule has 0 atom stereocenters. The smallest absolute Gasteiger partial charge is 0.341 e. The van der Waals surface area contributed by atoms with Crippen molar-refractivity contribution >= 4 is 32.8 Å². The molecule has 2 aromatic rings. The number of hydrogen-bond donors (Lipinski definition) is 0. The number of rotatable bonds is 4. The van der Waals surface area contributed by atoms with Gasteiger partial charge in [-0.05, 0) is 28.4 Å². The highest BCUT2D eigenvalue weighted by molar-refractivity contribution is 9.10. The number of hydrogen-bond acceptors (Lipinski definition) is 2. The maximum absolute atomic E-state index is 11.9. The molecule has 0 radical (unpaired) electrons. The molecule has 1 aromatic carbocycles. The van der Waals surface area contributed by atoms with Crippen molar-refractivity contribution in [2.45, 2.75) is 26.3 Å². The molecule has 0 spiro atoms. The maximum Gasteiger partial charge on any atom is 0.341 e. The third-order valence-electron chi connectivity index (χ3n) is 3.03. The minimum absolute atomic E-state index is 0.298. The first-order chi connectivity index (χ1) is 8.70. The minimum atomic E-state index is -0.298. The highest BCUT2D eigenvalue weighted by Gasteiger charge is 2.20. The summed E-state index contributed by atoms with van der Waals surface area (Å²) < 4.78 is 7.80. The normalized spacial score (nSPS) is 10.8. The van der Waals surface area contributed by atoms with Crippen LogP contribution in [-0.4, -0.2) is 17.6 Å². The van der Waals surface area contributed by atoms with E-state index in [0.717, 1.165) is 34.9 Å². The van der Waals surface area contributed by atoms with E-state index in [9.17, 15) is 4.79 Å². The van der Waals surface area contributed by atoms with Gasteiger partial charge in [0.1, 0.15) is 4.60 Å². The van der Waals surface area contributed by atoms with E-state index in [0.29, 0.717) is 5.56 Å². The fourth-order valence-electron chi connectivity index (χ4n) is 2.10. The molecule has 0 aliphatic rings. The van der Waals surface area contributed by atoms with Crippen LogP contribution in [0, 0.1) is 0 Å². The number of halogens is 1. The van der Waals surface area contributed by atoms with Crippen LogP contribution in [0.5, 0.6) is 0 Å². The lowest BCUT2D eigenvalue weighted by Gasteiger charge is -2.05. The molecule has 4 heteroatoms. The number of nitrogens with zero attached hydrogens (tertiary/aromatic N) is 1. The minimum Gasteiger partial charge on any atom is -0.465 e. The van der Waals surface area contributed by atoms with Crippen LogP contribution in [0.25, 0.3) is 10.9 Å². The summed E-state index contributed by atoms with van der Waals surface area (Å²) in [6, 6.07) is 7.90. The Morgan fingerprint density at radius 3 is 2.78 bits per heavy atom. The molecule has 0 fully saturated rings. The number of ether oxygens (including phenoxy) is 1. The van der Waals surface area contributed by atoms with Gasteiger partial charge in [0, 0.05) is 17.4 Å². The van der Waals surface area contributed by atoms with Crippen LogP contribution in [0.15, 0.2) is 28.9 Å². The average Bonchev–Trinajstić information content (AvgIpc) is 2.68. The van der Waals surface area contributed by atoms with Gasteiger partial charge in [0.05, 0.1) is 12.7 Å². The monoisotopic (exact) mass is 309 g/mol. The molecule has 2 rings (SSSR count). The van der Waals surface area contributed by atoms with Gasteiger partial charge in [0.2, 0.25) is 0 Å². The van der Waals surface area contributed by atoms with Crippen molar-refractivity contribution in [3.05, 3.63) is 34.4 Å². The van der Waals surface area contributed by atoms with Crippen LogP contribution >= 0.6 is 15.9 Å². The molecule has 18 heavy (non-hydrogen) atoms. The van der Waals surface area contributed by atoms with Crippen LogP contribution in [0.3, 0.4) is 0 Å². The summed E-state index contributed by atoms with van der Waals surface area (Å²) in [7, 11) is 1.41. The second-order valence-corrected chi connectivity index (χ2v) is 4.93. The Labute approximate surface area is 115 Å². The van der Waals surface area contributed by atoms with E-state index in [1.54, 1.807) is 0 Å². The van der Waals surface area contributed by atoms with Crippen molar-refractivity contribution in [2.24, 2.45) is 0 Å². The quantitative estimate of drug-likeness (QED) is 0.800. The summed E-state index contributed by atoms with van der Waals surface area (Å²) in [6.07, 6.45) is 2.20. The van der Waals surface area contributed by atoms with Crippen molar-refractivity contribution in [1.82, 2.24) is 4.57 Å². The van der Waals surface area contributed by atoms with Gasteiger partial charge in [0.15, 0.2) is 0 Å². The number of unbranched alkanes of at least 4 members (excludes halogenated alkanes) is 1. The van der Waals surface area contributed by atoms with Crippen LogP contribution in [0.2, 0.25) is 0 Å². The van der Waals surface area contributed by atoms with Gasteiger partial charge in [0.25, 0.3) is 0 Å². The molecule has 3 nitrogen and oxygen atoms in total. The molecule has 0 saturated carbocycles. The molecule has 1 aromatic heterocycles. The van der Waals surface area contributed by atoms with E-state index < -0.39 is 0 Å². The number of carbonyl (C=O) groups excluding carboxylic acids is 1. The number of aryl methyl sites for hydroxylation is 1. The van der Waals surface area contributed by atoms with E-state index in [1.807, 2.05) is 24.3 Å². The molecule has 0 bridgehead atoms. The van der Waals surface area contributed by atoms with E-state index in [4.69, 9.17) is 4.74 Å². The lowest BCUT2D eigenvalue weighted by molar-refractivity contribution is 0.0601. The summed E-state index contributed by atoms with van der Waals surface area (Å²) >= 11 is 3.53. The fraction of sp³-hybridized carbons (Fsp3) is 0.357. The van der Waals surface area contributed by atoms with Gasteiger partial charge in [-0.15, -0.1) is 0 Å². The number of fused-ring (bicyclic) bond motifs is 1. The first kappa shape index (κ1) is 13.1. The summed E-state index contributed by atoms with van der Waals surface area (Å²) in [4.78, 5) is 11.9. The van der Waals surface area contributed by atoms with Crippen molar-refractivity contribution in [1.29, 1.82) is 0 Å². The highest BCUT2D eigenvalue weighted by Crippen LogP contribution is 2.31. The van der Waals surface area contributed by atoms with Crippen molar-refractivity contribution in [3.8, 4) is 0 Å². The topological polar surface area (TPSA) is 31.2 Å². The third kappa shape index (κ3) is 2.17. The van der Waals surface area contributed by atoms with Crippen molar-refractivity contribution in [2.75, 3.05) is 7.11 Å². The van der Waals surface area contributed by atoms with Gasteiger partial charge < -0.3 is 9.30 Å². The molecule has 0 saturated heterocycles. The lowest BCUT2D eigenvalue weighted by atomic mass is 10.2. The molecule has 96 valence electrons.